The second kappa shape index (κ2) is 7.60. The number of aryl methyl sites for hydroxylation is 2. The number of nitrogens with zero attached hydrogens (tertiary/aromatic N) is 3. The fourth-order valence-corrected chi connectivity index (χ4v) is 3.09. The van der Waals surface area contributed by atoms with E-state index in [1.807, 2.05) is 18.5 Å². The number of rotatable bonds is 7. The van der Waals surface area contributed by atoms with Gasteiger partial charge in [-0.15, -0.1) is 0 Å². The molecule has 0 aliphatic carbocycles. The molecule has 1 aromatic carbocycles. The topological polar surface area (TPSA) is 30.3 Å². The molecular formula is C20H25N3O. The van der Waals surface area contributed by atoms with E-state index < -0.39 is 0 Å². The molecule has 0 fully saturated rings. The third kappa shape index (κ3) is 3.83. The minimum Gasteiger partial charge on any atom is -0.383 e. The van der Waals surface area contributed by atoms with Crippen LogP contribution in [0.4, 0.5) is 0 Å². The van der Waals surface area contributed by atoms with E-state index in [1.165, 1.54) is 27.7 Å². The SMILES string of the molecule is COCCN(Cc1cccnc1)Cc1cc2cc(C)ccc2n1C. The lowest BCUT2D eigenvalue weighted by molar-refractivity contribution is 0.138. The van der Waals surface area contributed by atoms with E-state index >= 15 is 0 Å². The van der Waals surface area contributed by atoms with Crippen molar-refractivity contribution in [1.29, 1.82) is 0 Å². The number of benzene rings is 1. The Labute approximate surface area is 143 Å². The Morgan fingerprint density at radius 2 is 2.04 bits per heavy atom. The first-order valence-corrected chi connectivity index (χ1v) is 8.32. The molecule has 0 saturated carbocycles. The lowest BCUT2D eigenvalue weighted by Gasteiger charge is -2.22. The van der Waals surface area contributed by atoms with E-state index in [-0.39, 0.29) is 0 Å². The number of aromatic nitrogens is 2. The highest BCUT2D eigenvalue weighted by Crippen LogP contribution is 2.21. The summed E-state index contributed by atoms with van der Waals surface area (Å²) in [6, 6.07) is 13.0. The summed E-state index contributed by atoms with van der Waals surface area (Å²) in [5, 5.41) is 1.31. The van der Waals surface area contributed by atoms with Crippen molar-refractivity contribution in [3.8, 4) is 0 Å². The minimum atomic E-state index is 0.726. The average Bonchev–Trinajstić information content (AvgIpc) is 2.88. The molecule has 0 aliphatic heterocycles. The Bertz CT molecular complexity index is 795. The summed E-state index contributed by atoms with van der Waals surface area (Å²) in [4.78, 5) is 6.63. The van der Waals surface area contributed by atoms with Crippen LogP contribution in [0.3, 0.4) is 0 Å². The largest absolute Gasteiger partial charge is 0.383 e. The van der Waals surface area contributed by atoms with Gasteiger partial charge in [0.05, 0.1) is 6.61 Å². The van der Waals surface area contributed by atoms with Gasteiger partial charge in [0.2, 0.25) is 0 Å². The summed E-state index contributed by atoms with van der Waals surface area (Å²) >= 11 is 0. The molecule has 2 heterocycles. The molecule has 4 heteroatoms. The zero-order chi connectivity index (χ0) is 16.9. The first-order valence-electron chi connectivity index (χ1n) is 8.32. The van der Waals surface area contributed by atoms with Crippen molar-refractivity contribution in [2.45, 2.75) is 20.0 Å². The molecule has 0 spiro atoms. The van der Waals surface area contributed by atoms with Gasteiger partial charge in [0.1, 0.15) is 0 Å². The van der Waals surface area contributed by atoms with Crippen LogP contribution in [-0.2, 0) is 24.9 Å². The van der Waals surface area contributed by atoms with Crippen LogP contribution >= 0.6 is 0 Å². The molecule has 0 bridgehead atoms. The molecule has 24 heavy (non-hydrogen) atoms. The average molecular weight is 323 g/mol. The summed E-state index contributed by atoms with van der Waals surface area (Å²) in [6.07, 6.45) is 3.75. The predicted molar refractivity (Wildman–Crippen MR) is 97.9 cm³/mol. The third-order valence-corrected chi connectivity index (χ3v) is 4.42. The van der Waals surface area contributed by atoms with E-state index in [1.54, 1.807) is 7.11 Å². The summed E-state index contributed by atoms with van der Waals surface area (Å²) in [5.41, 5.74) is 5.12. The van der Waals surface area contributed by atoms with Crippen molar-refractivity contribution in [3.63, 3.8) is 0 Å². The summed E-state index contributed by atoms with van der Waals surface area (Å²) < 4.78 is 7.58. The number of ether oxygens (including phenoxy) is 1. The molecule has 3 rings (SSSR count). The Balaban J connectivity index is 1.82. The van der Waals surface area contributed by atoms with Crippen molar-refractivity contribution in [2.24, 2.45) is 7.05 Å². The highest BCUT2D eigenvalue weighted by atomic mass is 16.5. The lowest BCUT2D eigenvalue weighted by Crippen LogP contribution is -2.27. The van der Waals surface area contributed by atoms with Crippen LogP contribution in [0.25, 0.3) is 10.9 Å². The maximum absolute atomic E-state index is 5.29. The van der Waals surface area contributed by atoms with Crippen molar-refractivity contribution >= 4 is 10.9 Å². The monoisotopic (exact) mass is 323 g/mol. The van der Waals surface area contributed by atoms with Gasteiger partial charge in [-0.1, -0.05) is 17.7 Å². The first-order chi connectivity index (χ1) is 11.7. The highest BCUT2D eigenvalue weighted by molar-refractivity contribution is 5.82. The van der Waals surface area contributed by atoms with E-state index in [9.17, 15) is 0 Å². The van der Waals surface area contributed by atoms with Crippen LogP contribution < -0.4 is 0 Å². The van der Waals surface area contributed by atoms with Crippen LogP contribution in [0, 0.1) is 6.92 Å². The third-order valence-electron chi connectivity index (χ3n) is 4.42. The number of hydrogen-bond acceptors (Lipinski definition) is 3. The fraction of sp³-hybridized carbons (Fsp3) is 0.350. The van der Waals surface area contributed by atoms with Gasteiger partial charge in [0.15, 0.2) is 0 Å². The van der Waals surface area contributed by atoms with Gasteiger partial charge in [-0.2, -0.15) is 0 Å². The van der Waals surface area contributed by atoms with E-state index in [0.29, 0.717) is 0 Å². The molecular weight excluding hydrogens is 298 g/mol. The quantitative estimate of drug-likeness (QED) is 0.666. The van der Waals surface area contributed by atoms with E-state index in [4.69, 9.17) is 4.74 Å². The molecule has 2 aromatic heterocycles. The Kier molecular flexibility index (Phi) is 5.28. The molecule has 3 aromatic rings. The predicted octanol–water partition coefficient (Wildman–Crippen LogP) is 3.53. The summed E-state index contributed by atoms with van der Waals surface area (Å²) in [7, 11) is 3.90. The minimum absolute atomic E-state index is 0.726. The first kappa shape index (κ1) is 16.7. The number of hydrogen-bond donors (Lipinski definition) is 0. The van der Waals surface area contributed by atoms with Gasteiger partial charge in [-0.25, -0.2) is 0 Å². The zero-order valence-electron chi connectivity index (χ0n) is 14.7. The van der Waals surface area contributed by atoms with Gasteiger partial charge in [0.25, 0.3) is 0 Å². The smallest absolute Gasteiger partial charge is 0.0589 e. The summed E-state index contributed by atoms with van der Waals surface area (Å²) in [6.45, 7) is 5.52. The molecule has 126 valence electrons. The molecule has 0 N–H and O–H groups in total. The molecule has 0 atom stereocenters. The lowest BCUT2D eigenvalue weighted by atomic mass is 10.2. The second-order valence-corrected chi connectivity index (χ2v) is 6.32. The van der Waals surface area contributed by atoms with Gasteiger partial charge >= 0.3 is 0 Å². The Morgan fingerprint density at radius 1 is 1.17 bits per heavy atom. The normalized spacial score (nSPS) is 11.5. The zero-order valence-corrected chi connectivity index (χ0v) is 14.7. The van der Waals surface area contributed by atoms with Crippen LogP contribution in [-0.4, -0.2) is 34.7 Å². The van der Waals surface area contributed by atoms with Crippen LogP contribution in [0.15, 0.2) is 48.8 Å². The molecule has 0 aliphatic rings. The Hall–Kier alpha value is -2.17. The standard InChI is InChI=1S/C20H25N3O/c1-16-6-7-20-18(11-16)12-19(22(20)2)15-23(9-10-24-3)14-17-5-4-8-21-13-17/h4-8,11-13H,9-10,14-15H2,1-3H3. The van der Waals surface area contributed by atoms with Crippen molar-refractivity contribution < 1.29 is 4.74 Å². The maximum atomic E-state index is 5.29. The molecule has 0 saturated heterocycles. The fourth-order valence-electron chi connectivity index (χ4n) is 3.09. The second-order valence-electron chi connectivity index (χ2n) is 6.32. The molecule has 4 nitrogen and oxygen atoms in total. The van der Waals surface area contributed by atoms with Gasteiger partial charge in [-0.3, -0.25) is 9.88 Å². The van der Waals surface area contributed by atoms with Gasteiger partial charge in [-0.05, 0) is 36.8 Å². The number of fused-ring (bicyclic) bond motifs is 1. The summed E-state index contributed by atoms with van der Waals surface area (Å²) in [5.74, 6) is 0. The van der Waals surface area contributed by atoms with Crippen molar-refractivity contribution in [1.82, 2.24) is 14.5 Å². The van der Waals surface area contributed by atoms with Gasteiger partial charge < -0.3 is 9.30 Å². The van der Waals surface area contributed by atoms with Crippen LogP contribution in [0.2, 0.25) is 0 Å². The molecule has 0 unspecified atom stereocenters. The maximum Gasteiger partial charge on any atom is 0.0589 e. The molecule has 0 amide bonds. The van der Waals surface area contributed by atoms with Crippen molar-refractivity contribution in [3.05, 3.63) is 65.6 Å². The molecule has 0 radical (unpaired) electrons. The highest BCUT2D eigenvalue weighted by Gasteiger charge is 2.12. The number of pyridine rings is 1. The van der Waals surface area contributed by atoms with E-state index in [0.717, 1.165) is 26.2 Å². The number of methoxy groups -OCH3 is 1. The van der Waals surface area contributed by atoms with Gasteiger partial charge in [0, 0.05) is 62.8 Å². The van der Waals surface area contributed by atoms with Crippen molar-refractivity contribution in [2.75, 3.05) is 20.3 Å². The van der Waals surface area contributed by atoms with E-state index in [2.05, 4.69) is 58.8 Å². The Morgan fingerprint density at radius 3 is 2.79 bits per heavy atom. The van der Waals surface area contributed by atoms with Crippen LogP contribution in [0.1, 0.15) is 16.8 Å². The van der Waals surface area contributed by atoms with Crippen LogP contribution in [0.5, 0.6) is 0 Å².